The maximum Gasteiger partial charge on any atom is 0.450 e. The van der Waals surface area contributed by atoms with Gasteiger partial charge < -0.3 is 24.1 Å². The normalized spacial score (nSPS) is 18.2. The number of carbonyl (C=O) groups is 1. The molecule has 0 bridgehead atoms. The molecule has 0 saturated carbocycles. The van der Waals surface area contributed by atoms with Crippen LogP contribution in [0.25, 0.3) is 22.1 Å². The lowest BCUT2D eigenvalue weighted by Crippen LogP contribution is -2.35. The van der Waals surface area contributed by atoms with Crippen LogP contribution in [0.3, 0.4) is 0 Å². The van der Waals surface area contributed by atoms with Gasteiger partial charge in [-0.15, -0.1) is 0 Å². The number of alkyl halides is 3. The highest BCUT2D eigenvalue weighted by Gasteiger charge is 2.40. The number of phenols is 1. The third-order valence-electron chi connectivity index (χ3n) is 6.24. The fraction of sp³-hybridized carbons (Fsp3) is 0.333. The van der Waals surface area contributed by atoms with E-state index in [1.807, 2.05) is 0 Å². The Labute approximate surface area is 196 Å². The lowest BCUT2D eigenvalue weighted by atomic mass is 9.99. The number of carboxylic acid groups (broad SMARTS) is 1. The second kappa shape index (κ2) is 8.49. The number of fused-ring (bicyclic) bond motifs is 2. The number of hydrogen-bond acceptors (Lipinski definition) is 7. The number of aliphatic carboxylic acids is 1. The number of carboxylic acids is 1. The Balaban J connectivity index is 1.71. The zero-order valence-electron chi connectivity index (χ0n) is 18.2. The molecule has 0 aliphatic carbocycles. The summed E-state index contributed by atoms with van der Waals surface area (Å²) in [5.74, 6) is -2.42. The average Bonchev–Trinajstić information content (AvgIpc) is 3.28. The molecule has 1 aromatic heterocycles. The molecule has 2 aliphatic heterocycles. The number of aromatic hydroxyl groups is 1. The van der Waals surface area contributed by atoms with E-state index in [0.29, 0.717) is 31.7 Å². The Morgan fingerprint density at radius 1 is 1.11 bits per heavy atom. The smallest absolute Gasteiger partial charge is 0.450 e. The van der Waals surface area contributed by atoms with Gasteiger partial charge in [-0.3, -0.25) is 14.5 Å². The summed E-state index contributed by atoms with van der Waals surface area (Å²) >= 11 is 0. The van der Waals surface area contributed by atoms with Gasteiger partial charge in [-0.1, -0.05) is 6.07 Å². The van der Waals surface area contributed by atoms with Crippen molar-refractivity contribution in [2.24, 2.45) is 0 Å². The predicted molar refractivity (Wildman–Crippen MR) is 117 cm³/mol. The Kier molecular flexibility index (Phi) is 5.59. The molecule has 3 heterocycles. The standard InChI is InChI=1S/C24H20F3NO7/c25-24(26,27)22-19(12-3-6-17-18(10-12)34-9-8-33-17)20(30)13-4-5-16(29)14(21(13)35-22)11-28-7-1-2-15(28)23(31)32/h3-6,10,15,29H,1-2,7-9,11H2,(H,31,32). The molecule has 0 amide bonds. The molecular weight excluding hydrogens is 471 g/mol. The van der Waals surface area contributed by atoms with Gasteiger partial charge in [-0.2, -0.15) is 13.2 Å². The van der Waals surface area contributed by atoms with Crippen LogP contribution >= 0.6 is 0 Å². The zero-order valence-corrected chi connectivity index (χ0v) is 18.2. The molecule has 0 spiro atoms. The van der Waals surface area contributed by atoms with Crippen molar-refractivity contribution in [2.75, 3.05) is 19.8 Å². The third-order valence-corrected chi connectivity index (χ3v) is 6.24. The van der Waals surface area contributed by atoms with Crippen molar-refractivity contribution in [3.8, 4) is 28.4 Å². The lowest BCUT2D eigenvalue weighted by molar-refractivity contribution is -0.152. The van der Waals surface area contributed by atoms with Gasteiger partial charge >= 0.3 is 12.1 Å². The summed E-state index contributed by atoms with van der Waals surface area (Å²) in [7, 11) is 0. The third kappa shape index (κ3) is 4.05. The first-order chi connectivity index (χ1) is 16.6. The zero-order chi connectivity index (χ0) is 24.9. The molecule has 2 aromatic carbocycles. The number of likely N-dealkylation sites (tertiary alicyclic amines) is 1. The van der Waals surface area contributed by atoms with Crippen LogP contribution in [0.5, 0.6) is 17.2 Å². The number of benzene rings is 2. The topological polar surface area (TPSA) is 109 Å². The van der Waals surface area contributed by atoms with Crippen molar-refractivity contribution < 1.29 is 42.1 Å². The summed E-state index contributed by atoms with van der Waals surface area (Å²) in [5, 5.41) is 19.7. The Morgan fingerprint density at radius 2 is 1.86 bits per heavy atom. The highest BCUT2D eigenvalue weighted by Crippen LogP contribution is 2.42. The van der Waals surface area contributed by atoms with Gasteiger partial charge in [-0.05, 0) is 49.2 Å². The van der Waals surface area contributed by atoms with Gasteiger partial charge in [0.05, 0.1) is 16.5 Å². The van der Waals surface area contributed by atoms with Crippen LogP contribution in [0.4, 0.5) is 13.2 Å². The van der Waals surface area contributed by atoms with Crippen LogP contribution in [0.15, 0.2) is 39.5 Å². The van der Waals surface area contributed by atoms with Crippen LogP contribution in [0.1, 0.15) is 24.2 Å². The first-order valence-electron chi connectivity index (χ1n) is 10.9. The van der Waals surface area contributed by atoms with E-state index in [0.717, 1.165) is 0 Å². The summed E-state index contributed by atoms with van der Waals surface area (Å²) < 4.78 is 58.6. The molecule has 2 N–H and O–H groups in total. The van der Waals surface area contributed by atoms with Crippen molar-refractivity contribution in [3.63, 3.8) is 0 Å². The van der Waals surface area contributed by atoms with E-state index in [4.69, 9.17) is 13.9 Å². The van der Waals surface area contributed by atoms with Gasteiger partial charge in [0.2, 0.25) is 11.2 Å². The van der Waals surface area contributed by atoms with Crippen molar-refractivity contribution in [1.82, 2.24) is 4.90 Å². The van der Waals surface area contributed by atoms with Crippen molar-refractivity contribution in [3.05, 3.63) is 51.9 Å². The molecular formula is C24H20F3NO7. The number of rotatable bonds is 4. The number of halogens is 3. The predicted octanol–water partition coefficient (Wildman–Crippen LogP) is 4.00. The fourth-order valence-electron chi connectivity index (χ4n) is 4.62. The van der Waals surface area contributed by atoms with Crippen molar-refractivity contribution in [2.45, 2.75) is 31.6 Å². The summed E-state index contributed by atoms with van der Waals surface area (Å²) in [6.45, 7) is 0.692. The second-order valence-corrected chi connectivity index (χ2v) is 8.40. The molecule has 8 nitrogen and oxygen atoms in total. The molecule has 0 radical (unpaired) electrons. The molecule has 2 aliphatic rings. The lowest BCUT2D eigenvalue weighted by Gasteiger charge is -2.22. The van der Waals surface area contributed by atoms with E-state index in [2.05, 4.69) is 0 Å². The summed E-state index contributed by atoms with van der Waals surface area (Å²) in [6.07, 6.45) is -4.09. The van der Waals surface area contributed by atoms with E-state index in [1.165, 1.54) is 35.2 Å². The van der Waals surface area contributed by atoms with E-state index in [9.17, 15) is 33.0 Å². The first kappa shape index (κ1) is 23.0. The van der Waals surface area contributed by atoms with Crippen molar-refractivity contribution in [1.29, 1.82) is 0 Å². The molecule has 3 aromatic rings. The Bertz CT molecular complexity index is 1380. The van der Waals surface area contributed by atoms with Crippen LogP contribution in [-0.2, 0) is 17.5 Å². The molecule has 5 rings (SSSR count). The second-order valence-electron chi connectivity index (χ2n) is 8.40. The van der Waals surface area contributed by atoms with Gasteiger partial charge in [0.15, 0.2) is 11.5 Å². The van der Waals surface area contributed by atoms with Crippen LogP contribution in [-0.4, -0.2) is 46.9 Å². The Hall–Kier alpha value is -3.73. The SMILES string of the molecule is O=C(O)C1CCCN1Cc1c(O)ccc2c(=O)c(-c3ccc4c(c3)OCCO4)c(C(F)(F)F)oc12. The number of nitrogens with zero attached hydrogens (tertiary/aromatic N) is 1. The molecule has 11 heteroatoms. The molecule has 1 unspecified atom stereocenters. The molecule has 1 atom stereocenters. The largest absolute Gasteiger partial charge is 0.507 e. The van der Waals surface area contributed by atoms with Gasteiger partial charge in [-0.25, -0.2) is 0 Å². The monoisotopic (exact) mass is 491 g/mol. The minimum atomic E-state index is -5.03. The summed E-state index contributed by atoms with van der Waals surface area (Å²) in [5.41, 5.74) is -2.19. The number of phenolic OH excluding ortho intramolecular Hbond substituents is 1. The quantitative estimate of drug-likeness (QED) is 0.564. The highest BCUT2D eigenvalue weighted by atomic mass is 19.4. The van der Waals surface area contributed by atoms with Crippen LogP contribution in [0, 0.1) is 0 Å². The molecule has 184 valence electrons. The first-order valence-corrected chi connectivity index (χ1v) is 10.9. The summed E-state index contributed by atoms with van der Waals surface area (Å²) in [6, 6.07) is 5.58. The minimum absolute atomic E-state index is 0.0580. The van der Waals surface area contributed by atoms with E-state index in [-0.39, 0.29) is 35.4 Å². The van der Waals surface area contributed by atoms with E-state index >= 15 is 0 Å². The minimum Gasteiger partial charge on any atom is -0.507 e. The Morgan fingerprint density at radius 3 is 2.57 bits per heavy atom. The molecule has 1 saturated heterocycles. The molecule has 1 fully saturated rings. The number of ether oxygens (including phenoxy) is 2. The maximum absolute atomic E-state index is 14.1. The maximum atomic E-state index is 14.1. The van der Waals surface area contributed by atoms with Gasteiger partial charge in [0, 0.05) is 6.54 Å². The van der Waals surface area contributed by atoms with E-state index in [1.54, 1.807) is 0 Å². The average molecular weight is 491 g/mol. The summed E-state index contributed by atoms with van der Waals surface area (Å²) in [4.78, 5) is 26.5. The van der Waals surface area contributed by atoms with Gasteiger partial charge in [0.1, 0.15) is 30.6 Å². The number of hydrogen-bond donors (Lipinski definition) is 2. The van der Waals surface area contributed by atoms with E-state index < -0.39 is 46.3 Å². The van der Waals surface area contributed by atoms with Gasteiger partial charge in [0.25, 0.3) is 0 Å². The van der Waals surface area contributed by atoms with Crippen LogP contribution < -0.4 is 14.9 Å². The highest BCUT2D eigenvalue weighted by molar-refractivity contribution is 5.87. The van der Waals surface area contributed by atoms with Crippen LogP contribution in [0.2, 0.25) is 0 Å². The van der Waals surface area contributed by atoms with Crippen molar-refractivity contribution >= 4 is 16.9 Å². The molecule has 35 heavy (non-hydrogen) atoms. The fourth-order valence-corrected chi connectivity index (χ4v) is 4.62.